The first-order chi connectivity index (χ1) is 21.2. The lowest BCUT2D eigenvalue weighted by Gasteiger charge is -2.32. The van der Waals surface area contributed by atoms with Crippen LogP contribution in [0.2, 0.25) is 5.02 Å². The van der Waals surface area contributed by atoms with Crippen LogP contribution in [0.5, 0.6) is 11.5 Å². The molecule has 44 heavy (non-hydrogen) atoms. The number of hydrogen-bond donors (Lipinski definition) is 2. The lowest BCUT2D eigenvalue weighted by atomic mass is 9.93. The standard InChI is InChI=1S/C32H36ClFN4O5S/c33-27-21-25(34)9-12-29(27)43-30-6-2-1-5-28(30)36-44(41,42)26-10-7-24(8-11-26)32(40)35-22-31(39)38-19-14-23(15-20-38)13-18-37-16-3-4-17-37/h1-2,5-12,21,23,36H,3-4,13-20,22H2,(H,35,40). The summed E-state index contributed by atoms with van der Waals surface area (Å²) in [4.78, 5) is 29.7. The third-order valence-electron chi connectivity index (χ3n) is 8.09. The molecule has 0 aliphatic carbocycles. The molecule has 3 aromatic rings. The van der Waals surface area contributed by atoms with Crippen LogP contribution in [0.3, 0.4) is 0 Å². The zero-order valence-corrected chi connectivity index (χ0v) is 25.9. The average molecular weight is 643 g/mol. The predicted octanol–water partition coefficient (Wildman–Crippen LogP) is 5.53. The summed E-state index contributed by atoms with van der Waals surface area (Å²) in [5.74, 6) is -0.165. The number of benzene rings is 3. The Morgan fingerprint density at radius 3 is 2.34 bits per heavy atom. The summed E-state index contributed by atoms with van der Waals surface area (Å²) in [6.45, 7) is 4.82. The van der Waals surface area contributed by atoms with Gasteiger partial charge in [-0.15, -0.1) is 0 Å². The molecule has 2 N–H and O–H groups in total. The minimum atomic E-state index is -4.06. The first-order valence-electron chi connectivity index (χ1n) is 14.8. The topological polar surface area (TPSA) is 108 Å². The van der Waals surface area contributed by atoms with Crippen LogP contribution >= 0.6 is 11.6 Å². The van der Waals surface area contributed by atoms with Gasteiger partial charge in [0.15, 0.2) is 5.75 Å². The van der Waals surface area contributed by atoms with Gasteiger partial charge in [0.1, 0.15) is 11.6 Å². The Labute approximate surface area is 262 Å². The Kier molecular flexibility index (Phi) is 10.4. The van der Waals surface area contributed by atoms with E-state index in [0.29, 0.717) is 19.0 Å². The summed E-state index contributed by atoms with van der Waals surface area (Å²) >= 11 is 6.06. The van der Waals surface area contributed by atoms with E-state index in [9.17, 15) is 22.4 Å². The van der Waals surface area contributed by atoms with E-state index in [-0.39, 0.29) is 45.1 Å². The number of amides is 2. The van der Waals surface area contributed by atoms with Crippen molar-refractivity contribution in [2.75, 3.05) is 44.0 Å². The number of piperidine rings is 1. The smallest absolute Gasteiger partial charge is 0.262 e. The second-order valence-electron chi connectivity index (χ2n) is 11.1. The van der Waals surface area contributed by atoms with Gasteiger partial charge < -0.3 is 19.9 Å². The molecule has 5 rings (SSSR count). The van der Waals surface area contributed by atoms with Crippen molar-refractivity contribution in [1.82, 2.24) is 15.1 Å². The molecule has 0 radical (unpaired) electrons. The van der Waals surface area contributed by atoms with Gasteiger partial charge in [0, 0.05) is 18.7 Å². The number of likely N-dealkylation sites (tertiary alicyclic amines) is 2. The summed E-state index contributed by atoms with van der Waals surface area (Å²) in [6.07, 6.45) is 5.72. The van der Waals surface area contributed by atoms with Crippen LogP contribution in [0.4, 0.5) is 10.1 Å². The van der Waals surface area contributed by atoms with E-state index in [4.69, 9.17) is 16.3 Å². The SMILES string of the molecule is O=C(NCC(=O)N1CCC(CCN2CCCC2)CC1)c1ccc(S(=O)(=O)Nc2ccccc2Oc2ccc(F)cc2Cl)cc1. The van der Waals surface area contributed by atoms with Crippen LogP contribution in [0.25, 0.3) is 0 Å². The van der Waals surface area contributed by atoms with Gasteiger partial charge in [-0.05, 0) is 112 Å². The Hall–Kier alpha value is -3.67. The molecule has 0 bridgehead atoms. The fourth-order valence-electron chi connectivity index (χ4n) is 5.52. The fraction of sp³-hybridized carbons (Fsp3) is 0.375. The summed E-state index contributed by atoms with van der Waals surface area (Å²) < 4.78 is 47.9. The monoisotopic (exact) mass is 642 g/mol. The number of nitrogens with one attached hydrogen (secondary N) is 2. The molecule has 9 nitrogen and oxygen atoms in total. The zero-order valence-electron chi connectivity index (χ0n) is 24.3. The molecule has 0 atom stereocenters. The summed E-state index contributed by atoms with van der Waals surface area (Å²) in [6, 6.07) is 15.4. The van der Waals surface area contributed by atoms with E-state index in [1.54, 1.807) is 23.1 Å². The molecular formula is C32H36ClFN4O5S. The highest BCUT2D eigenvalue weighted by atomic mass is 35.5. The summed E-state index contributed by atoms with van der Waals surface area (Å²) in [5, 5.41) is 2.69. The molecule has 0 spiro atoms. The van der Waals surface area contributed by atoms with Gasteiger partial charge in [-0.3, -0.25) is 14.3 Å². The van der Waals surface area contributed by atoms with Crippen molar-refractivity contribution in [3.63, 3.8) is 0 Å². The number of nitrogens with zero attached hydrogens (tertiary/aromatic N) is 2. The highest BCUT2D eigenvalue weighted by molar-refractivity contribution is 7.92. The fourth-order valence-corrected chi connectivity index (χ4v) is 6.79. The summed E-state index contributed by atoms with van der Waals surface area (Å²) in [5.41, 5.74) is 0.371. The van der Waals surface area contributed by atoms with Crippen molar-refractivity contribution in [1.29, 1.82) is 0 Å². The average Bonchev–Trinajstić information content (AvgIpc) is 3.55. The van der Waals surface area contributed by atoms with E-state index >= 15 is 0 Å². The third kappa shape index (κ3) is 8.28. The van der Waals surface area contributed by atoms with Gasteiger partial charge >= 0.3 is 0 Å². The van der Waals surface area contributed by atoms with E-state index in [1.165, 1.54) is 74.8 Å². The third-order valence-corrected chi connectivity index (χ3v) is 9.77. The summed E-state index contributed by atoms with van der Waals surface area (Å²) in [7, 11) is -4.06. The van der Waals surface area contributed by atoms with Crippen molar-refractivity contribution < 1.29 is 27.1 Å². The molecule has 2 aliphatic heterocycles. The highest BCUT2D eigenvalue weighted by Crippen LogP contribution is 2.35. The highest BCUT2D eigenvalue weighted by Gasteiger charge is 2.24. The van der Waals surface area contributed by atoms with Crippen LogP contribution < -0.4 is 14.8 Å². The quantitative estimate of drug-likeness (QED) is 0.285. The number of rotatable bonds is 11. The molecular weight excluding hydrogens is 607 g/mol. The van der Waals surface area contributed by atoms with Crippen molar-refractivity contribution in [3.05, 3.63) is 83.1 Å². The normalized spacial score (nSPS) is 16.1. The second-order valence-corrected chi connectivity index (χ2v) is 13.2. The Morgan fingerprint density at radius 1 is 0.932 bits per heavy atom. The first kappa shape index (κ1) is 31.7. The largest absolute Gasteiger partial charge is 0.454 e. The Balaban J connectivity index is 1.11. The molecule has 0 saturated carbocycles. The molecule has 0 unspecified atom stereocenters. The number of halogens is 2. The molecule has 234 valence electrons. The number of carbonyl (C=O) groups is 2. The molecule has 0 aromatic heterocycles. The lowest BCUT2D eigenvalue weighted by Crippen LogP contribution is -2.44. The van der Waals surface area contributed by atoms with Crippen molar-refractivity contribution in [2.45, 2.75) is 37.0 Å². The number of ether oxygens (including phenoxy) is 1. The maximum atomic E-state index is 13.4. The molecule has 2 amide bonds. The number of para-hydroxylation sites is 2. The van der Waals surface area contributed by atoms with Crippen molar-refractivity contribution in [3.8, 4) is 11.5 Å². The van der Waals surface area contributed by atoms with Crippen LogP contribution in [-0.2, 0) is 14.8 Å². The van der Waals surface area contributed by atoms with Gasteiger partial charge in [-0.25, -0.2) is 12.8 Å². The first-order valence-corrected chi connectivity index (χ1v) is 16.7. The van der Waals surface area contributed by atoms with Gasteiger partial charge in [0.25, 0.3) is 15.9 Å². The predicted molar refractivity (Wildman–Crippen MR) is 167 cm³/mol. The molecule has 12 heteroatoms. The maximum Gasteiger partial charge on any atom is 0.262 e. The van der Waals surface area contributed by atoms with Crippen LogP contribution in [-0.4, -0.2) is 69.3 Å². The molecule has 2 saturated heterocycles. The van der Waals surface area contributed by atoms with Crippen LogP contribution in [0, 0.1) is 11.7 Å². The second kappa shape index (κ2) is 14.4. The minimum Gasteiger partial charge on any atom is -0.454 e. The Bertz CT molecular complexity index is 1570. The number of anilines is 1. The minimum absolute atomic E-state index is 0.0334. The number of carbonyl (C=O) groups excluding carboxylic acids is 2. The van der Waals surface area contributed by atoms with Gasteiger partial charge in [-0.2, -0.15) is 0 Å². The van der Waals surface area contributed by atoms with E-state index in [1.807, 2.05) is 0 Å². The molecule has 2 fully saturated rings. The molecule has 2 aliphatic rings. The zero-order chi connectivity index (χ0) is 31.1. The number of hydrogen-bond acceptors (Lipinski definition) is 6. The van der Waals surface area contributed by atoms with Crippen LogP contribution in [0.1, 0.15) is 42.5 Å². The molecule has 3 aromatic carbocycles. The van der Waals surface area contributed by atoms with Crippen LogP contribution in [0.15, 0.2) is 71.6 Å². The van der Waals surface area contributed by atoms with Gasteiger partial charge in [0.2, 0.25) is 5.91 Å². The number of sulfonamides is 1. The lowest BCUT2D eigenvalue weighted by molar-refractivity contribution is -0.131. The van der Waals surface area contributed by atoms with E-state index < -0.39 is 21.7 Å². The van der Waals surface area contributed by atoms with Gasteiger partial charge in [-0.1, -0.05) is 23.7 Å². The maximum absolute atomic E-state index is 13.4. The van der Waals surface area contributed by atoms with Crippen molar-refractivity contribution in [2.24, 2.45) is 5.92 Å². The molecule has 2 heterocycles. The van der Waals surface area contributed by atoms with Crippen molar-refractivity contribution >= 4 is 39.1 Å². The van der Waals surface area contributed by atoms with Gasteiger partial charge in [0.05, 0.1) is 22.2 Å². The van der Waals surface area contributed by atoms with E-state index in [0.717, 1.165) is 25.5 Å². The van der Waals surface area contributed by atoms with E-state index in [2.05, 4.69) is 14.9 Å². The Morgan fingerprint density at radius 2 is 1.64 bits per heavy atom.